The maximum atomic E-state index is 12.9. The molecule has 2 heterocycles. The zero-order chi connectivity index (χ0) is 20.9. The third-order valence-corrected chi connectivity index (χ3v) is 6.20. The summed E-state index contributed by atoms with van der Waals surface area (Å²) in [6, 6.07) is 6.04. The molecule has 2 aromatic rings. The molecule has 0 spiro atoms. The summed E-state index contributed by atoms with van der Waals surface area (Å²) in [6.45, 7) is 7.38. The smallest absolute Gasteiger partial charge is 0.255 e. The van der Waals surface area contributed by atoms with Crippen LogP contribution < -0.4 is 15.0 Å². The van der Waals surface area contributed by atoms with E-state index in [4.69, 9.17) is 14.5 Å². The number of aromatic amines is 1. The van der Waals surface area contributed by atoms with Gasteiger partial charge in [-0.25, -0.2) is 4.98 Å². The van der Waals surface area contributed by atoms with Gasteiger partial charge >= 0.3 is 0 Å². The SMILES string of the molecule is CCOc1cccc(CN2CCc3nc(C4CCCCC4)[nH]c(=O)c3C2)c1OCC. The Kier molecular flexibility index (Phi) is 6.72. The fourth-order valence-corrected chi connectivity index (χ4v) is 4.71. The molecule has 2 aliphatic rings. The van der Waals surface area contributed by atoms with Crippen LogP contribution >= 0.6 is 0 Å². The summed E-state index contributed by atoms with van der Waals surface area (Å²) < 4.78 is 11.7. The van der Waals surface area contributed by atoms with Gasteiger partial charge in [0.05, 0.1) is 24.5 Å². The molecule has 1 saturated carbocycles. The molecule has 6 heteroatoms. The second-order valence-corrected chi connectivity index (χ2v) is 8.28. The molecule has 0 unspecified atom stereocenters. The van der Waals surface area contributed by atoms with Crippen molar-refractivity contribution >= 4 is 0 Å². The van der Waals surface area contributed by atoms with Crippen LogP contribution in [0.1, 0.15) is 74.5 Å². The fraction of sp³-hybridized carbons (Fsp3) is 0.583. The Morgan fingerprint density at radius 1 is 1.13 bits per heavy atom. The molecule has 1 aromatic carbocycles. The minimum atomic E-state index is 0.0402. The van der Waals surface area contributed by atoms with Gasteiger partial charge in [0.1, 0.15) is 5.82 Å². The molecule has 4 rings (SSSR count). The highest BCUT2D eigenvalue weighted by Gasteiger charge is 2.25. The standard InChI is InChI=1S/C24H33N3O3/c1-3-29-21-12-8-11-18(22(21)30-4-2)15-27-14-13-20-19(16-27)24(28)26-23(25-20)17-9-6-5-7-10-17/h8,11-12,17H,3-7,9-10,13-16H2,1-2H3,(H,25,26,28). The summed E-state index contributed by atoms with van der Waals surface area (Å²) in [5.74, 6) is 2.93. The minimum absolute atomic E-state index is 0.0402. The summed E-state index contributed by atoms with van der Waals surface area (Å²) in [5, 5.41) is 0. The van der Waals surface area contributed by atoms with Crippen LogP contribution in [0.5, 0.6) is 11.5 Å². The first-order valence-corrected chi connectivity index (χ1v) is 11.4. The Hall–Kier alpha value is -2.34. The van der Waals surface area contributed by atoms with Crippen molar-refractivity contribution in [2.75, 3.05) is 19.8 Å². The number of fused-ring (bicyclic) bond motifs is 1. The average molecular weight is 412 g/mol. The summed E-state index contributed by atoms with van der Waals surface area (Å²) in [5.41, 5.74) is 2.94. The van der Waals surface area contributed by atoms with Crippen LogP contribution in [-0.2, 0) is 19.5 Å². The Balaban J connectivity index is 1.52. The van der Waals surface area contributed by atoms with E-state index in [1.54, 1.807) is 0 Å². The van der Waals surface area contributed by atoms with Gasteiger partial charge in [-0.3, -0.25) is 9.69 Å². The fourth-order valence-electron chi connectivity index (χ4n) is 4.71. The highest BCUT2D eigenvalue weighted by Crippen LogP contribution is 2.34. The number of nitrogens with zero attached hydrogens (tertiary/aromatic N) is 2. The molecule has 0 bridgehead atoms. The van der Waals surface area contributed by atoms with Gasteiger partial charge in [0.15, 0.2) is 11.5 Å². The summed E-state index contributed by atoms with van der Waals surface area (Å²) >= 11 is 0. The maximum Gasteiger partial charge on any atom is 0.255 e. The quantitative estimate of drug-likeness (QED) is 0.741. The number of aromatic nitrogens is 2. The third kappa shape index (κ3) is 4.53. The van der Waals surface area contributed by atoms with Crippen molar-refractivity contribution in [2.45, 2.75) is 71.4 Å². The van der Waals surface area contributed by atoms with Crippen LogP contribution in [0.3, 0.4) is 0 Å². The Labute approximate surface area is 178 Å². The van der Waals surface area contributed by atoms with Gasteiger partial charge in [-0.15, -0.1) is 0 Å². The zero-order valence-corrected chi connectivity index (χ0v) is 18.2. The Morgan fingerprint density at radius 3 is 2.70 bits per heavy atom. The lowest BCUT2D eigenvalue weighted by Crippen LogP contribution is -2.36. The van der Waals surface area contributed by atoms with E-state index in [9.17, 15) is 4.79 Å². The molecule has 6 nitrogen and oxygen atoms in total. The van der Waals surface area contributed by atoms with Crippen LogP contribution in [-0.4, -0.2) is 34.6 Å². The maximum absolute atomic E-state index is 12.9. The molecular weight excluding hydrogens is 378 g/mol. The van der Waals surface area contributed by atoms with E-state index in [1.807, 2.05) is 26.0 Å². The van der Waals surface area contributed by atoms with E-state index in [1.165, 1.54) is 19.3 Å². The van der Waals surface area contributed by atoms with Gasteiger partial charge in [0.25, 0.3) is 5.56 Å². The van der Waals surface area contributed by atoms with Crippen molar-refractivity contribution in [3.05, 3.63) is 51.2 Å². The predicted octanol–water partition coefficient (Wildman–Crippen LogP) is 4.17. The summed E-state index contributed by atoms with van der Waals surface area (Å²) in [6.07, 6.45) is 6.88. The van der Waals surface area contributed by atoms with Crippen molar-refractivity contribution < 1.29 is 9.47 Å². The number of hydrogen-bond donors (Lipinski definition) is 1. The first-order chi connectivity index (χ1) is 14.7. The van der Waals surface area contributed by atoms with E-state index < -0.39 is 0 Å². The third-order valence-electron chi connectivity index (χ3n) is 6.20. The molecule has 0 atom stereocenters. The van der Waals surface area contributed by atoms with E-state index in [2.05, 4.69) is 16.0 Å². The highest BCUT2D eigenvalue weighted by molar-refractivity contribution is 5.46. The van der Waals surface area contributed by atoms with Crippen LogP contribution in [0.4, 0.5) is 0 Å². The number of benzene rings is 1. The van der Waals surface area contributed by atoms with E-state index in [0.29, 0.717) is 25.7 Å². The molecule has 1 aliphatic carbocycles. The van der Waals surface area contributed by atoms with Crippen LogP contribution in [0.15, 0.2) is 23.0 Å². The molecule has 1 aromatic heterocycles. The van der Waals surface area contributed by atoms with Crippen molar-refractivity contribution in [1.82, 2.24) is 14.9 Å². The number of hydrogen-bond acceptors (Lipinski definition) is 5. The molecule has 30 heavy (non-hydrogen) atoms. The van der Waals surface area contributed by atoms with Crippen molar-refractivity contribution in [3.63, 3.8) is 0 Å². The first-order valence-electron chi connectivity index (χ1n) is 11.4. The van der Waals surface area contributed by atoms with E-state index in [0.717, 1.165) is 66.5 Å². The van der Waals surface area contributed by atoms with Crippen molar-refractivity contribution in [3.8, 4) is 11.5 Å². The first kappa shape index (κ1) is 20.9. The number of nitrogens with one attached hydrogen (secondary N) is 1. The molecule has 0 radical (unpaired) electrons. The lowest BCUT2D eigenvalue weighted by Gasteiger charge is -2.29. The minimum Gasteiger partial charge on any atom is -0.490 e. The lowest BCUT2D eigenvalue weighted by molar-refractivity contribution is 0.231. The van der Waals surface area contributed by atoms with Crippen molar-refractivity contribution in [2.24, 2.45) is 0 Å². The molecule has 1 fully saturated rings. The Bertz CT molecular complexity index is 918. The van der Waals surface area contributed by atoms with E-state index >= 15 is 0 Å². The molecule has 0 saturated heterocycles. The normalized spacial score (nSPS) is 17.5. The van der Waals surface area contributed by atoms with Gasteiger partial charge in [0.2, 0.25) is 0 Å². The molecule has 1 N–H and O–H groups in total. The van der Waals surface area contributed by atoms with Gasteiger partial charge in [-0.05, 0) is 32.8 Å². The lowest BCUT2D eigenvalue weighted by atomic mass is 9.88. The van der Waals surface area contributed by atoms with Gasteiger partial charge in [-0.1, -0.05) is 31.4 Å². The molecule has 0 amide bonds. The molecule has 162 valence electrons. The number of ether oxygens (including phenoxy) is 2. The van der Waals surface area contributed by atoms with Gasteiger partial charge in [0, 0.05) is 37.5 Å². The van der Waals surface area contributed by atoms with Gasteiger partial charge in [-0.2, -0.15) is 0 Å². The summed E-state index contributed by atoms with van der Waals surface area (Å²) in [4.78, 5) is 23.2. The topological polar surface area (TPSA) is 67.5 Å². The molecule has 1 aliphatic heterocycles. The number of H-pyrrole nitrogens is 1. The predicted molar refractivity (Wildman–Crippen MR) is 117 cm³/mol. The monoisotopic (exact) mass is 411 g/mol. The van der Waals surface area contributed by atoms with E-state index in [-0.39, 0.29) is 5.56 Å². The highest BCUT2D eigenvalue weighted by atomic mass is 16.5. The van der Waals surface area contributed by atoms with Crippen molar-refractivity contribution in [1.29, 1.82) is 0 Å². The van der Waals surface area contributed by atoms with Gasteiger partial charge < -0.3 is 14.5 Å². The van der Waals surface area contributed by atoms with Crippen LogP contribution in [0.25, 0.3) is 0 Å². The largest absolute Gasteiger partial charge is 0.490 e. The van der Waals surface area contributed by atoms with Crippen LogP contribution in [0, 0.1) is 0 Å². The molecular formula is C24H33N3O3. The number of rotatable bonds is 7. The number of para-hydroxylation sites is 1. The van der Waals surface area contributed by atoms with Crippen LogP contribution in [0.2, 0.25) is 0 Å². The summed E-state index contributed by atoms with van der Waals surface area (Å²) in [7, 11) is 0. The average Bonchev–Trinajstić information content (AvgIpc) is 2.77. The second kappa shape index (κ2) is 9.65. The Morgan fingerprint density at radius 2 is 1.93 bits per heavy atom. The second-order valence-electron chi connectivity index (χ2n) is 8.28. The zero-order valence-electron chi connectivity index (χ0n) is 18.2.